The second-order valence-corrected chi connectivity index (χ2v) is 16.4. The van der Waals surface area contributed by atoms with Gasteiger partial charge in [-0.3, -0.25) is 0 Å². The Hall–Kier alpha value is 1.78. The number of hydrogen-bond acceptors (Lipinski definition) is 0. The quantitative estimate of drug-likeness (QED) is 0.467. The molecule has 0 nitrogen and oxygen atoms in total. The zero-order valence-electron chi connectivity index (χ0n) is 1.61. The molecule has 4 heavy (non-hydrogen) atoms. The van der Waals surface area contributed by atoms with Crippen LogP contribution in [-0.2, 0) is 0 Å². The van der Waals surface area contributed by atoms with E-state index in [2.05, 4.69) is 46.1 Å². The Morgan fingerprint density at radius 2 is 1.50 bits per heavy atom. The molecule has 24 valence electrons. The summed E-state index contributed by atoms with van der Waals surface area (Å²) in [5, 5.41) is 0. The van der Waals surface area contributed by atoms with Crippen LogP contribution in [0.2, 0.25) is 0 Å². The van der Waals surface area contributed by atoms with Crippen LogP contribution in [0.25, 0.3) is 0 Å². The van der Waals surface area contributed by atoms with Gasteiger partial charge in [-0.1, -0.05) is 0 Å². The van der Waals surface area contributed by atoms with Crippen LogP contribution in [-0.4, -0.2) is 15.1 Å². The van der Waals surface area contributed by atoms with Crippen LogP contribution in [0, 0.1) is 0 Å². The zero-order valence-corrected chi connectivity index (χ0v) is 7.39. The zero-order chi connectivity index (χ0) is 3.58. The van der Waals surface area contributed by atoms with E-state index in [1.807, 2.05) is 0 Å². The Morgan fingerprint density at radius 1 is 1.50 bits per heavy atom. The minimum absolute atomic E-state index is 0.120. The molecule has 0 atom stereocenters. The SMILES string of the molecule is [Se]=[P+](Br)Br. The van der Waals surface area contributed by atoms with E-state index in [-0.39, 0.29) is 3.57 Å². The molecule has 0 fully saturated rings. The molecular weight excluding hydrogens is 270 g/mol. The monoisotopic (exact) mass is 269 g/mol. The van der Waals surface area contributed by atoms with Crippen molar-refractivity contribution in [1.82, 2.24) is 0 Å². The van der Waals surface area contributed by atoms with Gasteiger partial charge in [-0.25, -0.2) is 0 Å². The molecule has 0 rings (SSSR count). The molecule has 0 N–H and O–H groups in total. The molecule has 0 aromatic carbocycles. The summed E-state index contributed by atoms with van der Waals surface area (Å²) in [6, 6.07) is 0. The topological polar surface area (TPSA) is 0 Å². The van der Waals surface area contributed by atoms with Crippen LogP contribution >= 0.6 is 34.6 Å². The first-order valence-corrected chi connectivity index (χ1v) is 8.12. The molecule has 0 aliphatic carbocycles. The average Bonchev–Trinajstić information content (AvgIpc) is 0.811. The van der Waals surface area contributed by atoms with Crippen molar-refractivity contribution < 1.29 is 0 Å². The van der Waals surface area contributed by atoms with Crippen molar-refractivity contribution in [3.05, 3.63) is 0 Å². The van der Waals surface area contributed by atoms with Crippen LogP contribution in [0.15, 0.2) is 0 Å². The Morgan fingerprint density at radius 3 is 1.50 bits per heavy atom. The summed E-state index contributed by atoms with van der Waals surface area (Å²) in [5.74, 6) is 0. The van der Waals surface area contributed by atoms with Crippen molar-refractivity contribution in [3.8, 4) is 0 Å². The van der Waals surface area contributed by atoms with E-state index in [4.69, 9.17) is 0 Å². The van der Waals surface area contributed by atoms with Gasteiger partial charge in [-0.05, 0) is 0 Å². The van der Waals surface area contributed by atoms with E-state index < -0.39 is 0 Å². The van der Waals surface area contributed by atoms with Crippen molar-refractivity contribution in [2.24, 2.45) is 0 Å². The van der Waals surface area contributed by atoms with Gasteiger partial charge in [-0.2, -0.15) is 0 Å². The van der Waals surface area contributed by atoms with Gasteiger partial charge in [0, 0.05) is 0 Å². The molecule has 0 amide bonds. The fraction of sp³-hybridized carbons (Fsp3) is 0. The van der Waals surface area contributed by atoms with Crippen LogP contribution in [0.1, 0.15) is 0 Å². The van der Waals surface area contributed by atoms with Crippen LogP contribution < -0.4 is 0 Å². The first kappa shape index (κ1) is 5.78. The van der Waals surface area contributed by atoms with Gasteiger partial charge < -0.3 is 0 Å². The molecule has 0 aromatic heterocycles. The van der Waals surface area contributed by atoms with Crippen molar-refractivity contribution in [3.63, 3.8) is 0 Å². The third kappa shape index (κ3) is 9.22. The molecule has 0 heterocycles. The Kier molecular flexibility index (Phi) is 4.32. The predicted molar refractivity (Wildman–Crippen MR) is 30.5 cm³/mol. The summed E-state index contributed by atoms with van der Waals surface area (Å²) in [6.07, 6.45) is 0. The summed E-state index contributed by atoms with van der Waals surface area (Å²) in [6.45, 7) is 0. The Bertz CT molecular complexity index is 29.0. The van der Waals surface area contributed by atoms with Crippen LogP contribution in [0.5, 0.6) is 0 Å². The van der Waals surface area contributed by atoms with Gasteiger partial charge in [0.25, 0.3) is 0 Å². The van der Waals surface area contributed by atoms with E-state index in [1.165, 1.54) is 0 Å². The molecule has 0 bridgehead atoms. The molecule has 4 heteroatoms. The van der Waals surface area contributed by atoms with Gasteiger partial charge in [0.15, 0.2) is 0 Å². The number of halogens is 2. The van der Waals surface area contributed by atoms with E-state index in [0.717, 1.165) is 0 Å². The Balaban J connectivity index is 2.80. The second-order valence-electron chi connectivity index (χ2n) is 0.202. The van der Waals surface area contributed by atoms with Crippen molar-refractivity contribution in [2.75, 3.05) is 0 Å². The molecule has 0 aliphatic heterocycles. The fourth-order valence-electron chi connectivity index (χ4n) is 0. The minimum atomic E-state index is -0.120. The predicted octanol–water partition coefficient (Wildman–Crippen LogP) is 2.17. The average molecular weight is 270 g/mol. The molecule has 0 aromatic rings. The summed E-state index contributed by atoms with van der Waals surface area (Å²) >= 11 is 9.19. The molecule has 0 radical (unpaired) electrons. The fourth-order valence-corrected chi connectivity index (χ4v) is 0. The van der Waals surface area contributed by atoms with E-state index in [1.54, 1.807) is 0 Å². The molecule has 0 unspecified atom stereocenters. The number of hydrogen-bond donors (Lipinski definition) is 0. The van der Waals surface area contributed by atoms with Gasteiger partial charge in [0.05, 0.1) is 0 Å². The summed E-state index contributed by atoms with van der Waals surface area (Å²) < 4.78 is -0.120. The molecular formula is Br2PSe+. The van der Waals surface area contributed by atoms with Gasteiger partial charge in [0.2, 0.25) is 0 Å². The molecule has 0 saturated carbocycles. The molecule has 0 aliphatic rings. The first-order chi connectivity index (χ1) is 1.73. The van der Waals surface area contributed by atoms with Crippen LogP contribution in [0.4, 0.5) is 0 Å². The normalized spacial score (nSPS) is 6.50. The summed E-state index contributed by atoms with van der Waals surface area (Å²) in [4.78, 5) is 0. The second kappa shape index (κ2) is 2.99. The van der Waals surface area contributed by atoms with Crippen molar-refractivity contribution in [1.29, 1.82) is 0 Å². The van der Waals surface area contributed by atoms with Gasteiger partial charge >= 0.3 is 49.6 Å². The first-order valence-electron chi connectivity index (χ1n) is 0.521. The van der Waals surface area contributed by atoms with Gasteiger partial charge in [0.1, 0.15) is 0 Å². The maximum absolute atomic E-state index is 3.20. The Labute approximate surface area is 49.5 Å². The van der Waals surface area contributed by atoms with Crippen molar-refractivity contribution in [2.45, 2.75) is 0 Å². The summed E-state index contributed by atoms with van der Waals surface area (Å²) in [5.41, 5.74) is 0. The summed E-state index contributed by atoms with van der Waals surface area (Å²) in [7, 11) is 0. The van der Waals surface area contributed by atoms with E-state index >= 15 is 0 Å². The van der Waals surface area contributed by atoms with E-state index in [9.17, 15) is 0 Å². The van der Waals surface area contributed by atoms with Crippen LogP contribution in [0.3, 0.4) is 0 Å². The molecule has 0 spiro atoms. The third-order valence-corrected chi connectivity index (χ3v) is 0. The van der Waals surface area contributed by atoms with Crippen molar-refractivity contribution >= 4 is 49.6 Å². The molecule has 0 saturated heterocycles. The maximum atomic E-state index is 3.20. The van der Waals surface area contributed by atoms with E-state index in [0.29, 0.717) is 0 Å². The number of rotatable bonds is 0. The third-order valence-electron chi connectivity index (χ3n) is 0. The standard InChI is InChI=1S/Br2PSe/c1-3(2)4/q+1. The van der Waals surface area contributed by atoms with Gasteiger partial charge in [-0.15, -0.1) is 0 Å².